The van der Waals surface area contributed by atoms with Crippen LogP contribution in [-0.2, 0) is 4.74 Å². The first-order valence-electron chi connectivity index (χ1n) is 8.39. The van der Waals surface area contributed by atoms with Crippen LogP contribution in [0.2, 0.25) is 0 Å². The fourth-order valence-corrected chi connectivity index (χ4v) is 2.92. The molecule has 1 saturated heterocycles. The number of amides is 2. The summed E-state index contributed by atoms with van der Waals surface area (Å²) in [5.74, 6) is -0.265. The lowest BCUT2D eigenvalue weighted by Gasteiger charge is -2.34. The summed E-state index contributed by atoms with van der Waals surface area (Å²) in [5.41, 5.74) is 1.72. The molecule has 6 heteroatoms. The van der Waals surface area contributed by atoms with E-state index in [9.17, 15) is 9.18 Å². The summed E-state index contributed by atoms with van der Waals surface area (Å²) in [5, 5.41) is 5.72. The highest BCUT2D eigenvalue weighted by atomic mass is 19.1. The highest BCUT2D eigenvalue weighted by Crippen LogP contribution is 2.21. The molecule has 132 valence electrons. The fraction of sp³-hybridized carbons (Fsp3) is 0.316. The predicted molar refractivity (Wildman–Crippen MR) is 95.0 cm³/mol. The number of carbonyl (C=O) groups is 1. The van der Waals surface area contributed by atoms with Crippen LogP contribution < -0.4 is 10.6 Å². The van der Waals surface area contributed by atoms with Gasteiger partial charge in [0.15, 0.2) is 0 Å². The molecule has 1 heterocycles. The fourth-order valence-electron chi connectivity index (χ4n) is 2.92. The first-order valence-corrected chi connectivity index (χ1v) is 8.39. The maximum absolute atomic E-state index is 13.2. The highest BCUT2D eigenvalue weighted by Gasteiger charge is 2.23. The van der Waals surface area contributed by atoms with E-state index in [0.29, 0.717) is 19.8 Å². The molecular formula is C19H22FN3O2. The molecule has 3 rings (SSSR count). The van der Waals surface area contributed by atoms with Crippen molar-refractivity contribution in [2.24, 2.45) is 0 Å². The number of ether oxygens (including phenoxy) is 1. The van der Waals surface area contributed by atoms with Gasteiger partial charge in [0.1, 0.15) is 5.82 Å². The topological polar surface area (TPSA) is 53.6 Å². The smallest absolute Gasteiger partial charge is 0.319 e. The lowest BCUT2D eigenvalue weighted by Crippen LogP contribution is -2.44. The Kier molecular flexibility index (Phi) is 5.98. The molecule has 2 aromatic rings. The number of halogens is 1. The average Bonchev–Trinajstić information content (AvgIpc) is 2.65. The number of rotatable bonds is 5. The largest absolute Gasteiger partial charge is 0.379 e. The van der Waals surface area contributed by atoms with E-state index in [2.05, 4.69) is 15.5 Å². The molecule has 1 fully saturated rings. The van der Waals surface area contributed by atoms with Crippen molar-refractivity contribution >= 4 is 11.7 Å². The molecule has 0 saturated carbocycles. The van der Waals surface area contributed by atoms with Crippen molar-refractivity contribution in [2.45, 2.75) is 6.04 Å². The molecule has 1 unspecified atom stereocenters. The summed E-state index contributed by atoms with van der Waals surface area (Å²) < 4.78 is 18.6. The number of carbonyl (C=O) groups excluding carboxylic acids is 1. The summed E-state index contributed by atoms with van der Waals surface area (Å²) in [4.78, 5) is 14.4. The monoisotopic (exact) mass is 343 g/mol. The molecule has 0 spiro atoms. The van der Waals surface area contributed by atoms with Crippen LogP contribution in [0.15, 0.2) is 54.6 Å². The zero-order valence-corrected chi connectivity index (χ0v) is 14.0. The summed E-state index contributed by atoms with van der Waals surface area (Å²) >= 11 is 0. The van der Waals surface area contributed by atoms with Crippen LogP contribution in [0.3, 0.4) is 0 Å². The molecule has 25 heavy (non-hydrogen) atoms. The number of nitrogens with zero attached hydrogens (tertiary/aromatic N) is 1. The van der Waals surface area contributed by atoms with E-state index in [1.165, 1.54) is 12.1 Å². The number of hydrogen-bond acceptors (Lipinski definition) is 3. The van der Waals surface area contributed by atoms with Crippen molar-refractivity contribution in [3.63, 3.8) is 0 Å². The van der Waals surface area contributed by atoms with Gasteiger partial charge < -0.3 is 15.4 Å². The molecule has 2 amide bonds. The van der Waals surface area contributed by atoms with Crippen molar-refractivity contribution in [3.05, 3.63) is 66.0 Å². The number of anilines is 1. The van der Waals surface area contributed by atoms with Crippen molar-refractivity contribution in [1.82, 2.24) is 10.2 Å². The maximum Gasteiger partial charge on any atom is 0.319 e. The Bertz CT molecular complexity index is 673. The minimum atomic E-state index is -0.265. The molecule has 0 radical (unpaired) electrons. The van der Waals surface area contributed by atoms with E-state index in [-0.39, 0.29) is 17.9 Å². The van der Waals surface area contributed by atoms with Crippen LogP contribution in [0, 0.1) is 5.82 Å². The third-order valence-corrected chi connectivity index (χ3v) is 4.23. The lowest BCUT2D eigenvalue weighted by atomic mass is 10.0. The Balaban J connectivity index is 1.64. The summed E-state index contributed by atoms with van der Waals surface area (Å²) in [7, 11) is 0. The molecule has 0 aliphatic carbocycles. The van der Waals surface area contributed by atoms with E-state index >= 15 is 0 Å². The molecule has 1 aliphatic heterocycles. The van der Waals surface area contributed by atoms with Crippen molar-refractivity contribution in [1.29, 1.82) is 0 Å². The van der Waals surface area contributed by atoms with Gasteiger partial charge >= 0.3 is 6.03 Å². The molecular weight excluding hydrogens is 321 g/mol. The number of benzene rings is 2. The maximum atomic E-state index is 13.2. The van der Waals surface area contributed by atoms with Gasteiger partial charge in [0.05, 0.1) is 19.3 Å². The number of morpholine rings is 1. The van der Waals surface area contributed by atoms with E-state index in [1.807, 2.05) is 30.3 Å². The molecule has 1 atom stereocenters. The number of hydrogen-bond donors (Lipinski definition) is 2. The number of nitrogens with one attached hydrogen (secondary N) is 2. The molecule has 5 nitrogen and oxygen atoms in total. The lowest BCUT2D eigenvalue weighted by molar-refractivity contribution is 0.0167. The van der Waals surface area contributed by atoms with E-state index in [4.69, 9.17) is 4.74 Å². The van der Waals surface area contributed by atoms with Crippen LogP contribution in [-0.4, -0.2) is 43.8 Å². The van der Waals surface area contributed by atoms with Gasteiger partial charge in [-0.15, -0.1) is 0 Å². The Morgan fingerprint density at radius 3 is 2.44 bits per heavy atom. The summed E-state index contributed by atoms with van der Waals surface area (Å²) in [6.07, 6.45) is 0. The SMILES string of the molecule is O=C(NCC(c1ccc(F)cc1)N1CCOCC1)Nc1ccccc1. The van der Waals surface area contributed by atoms with Crippen molar-refractivity contribution < 1.29 is 13.9 Å². The van der Waals surface area contributed by atoms with Crippen molar-refractivity contribution in [2.75, 3.05) is 38.2 Å². The van der Waals surface area contributed by atoms with Crippen molar-refractivity contribution in [3.8, 4) is 0 Å². The average molecular weight is 343 g/mol. The molecule has 2 aromatic carbocycles. The zero-order valence-electron chi connectivity index (χ0n) is 14.0. The van der Waals surface area contributed by atoms with Crippen LogP contribution in [0.4, 0.5) is 14.9 Å². The third kappa shape index (κ3) is 5.01. The minimum Gasteiger partial charge on any atom is -0.379 e. The molecule has 2 N–H and O–H groups in total. The minimum absolute atomic E-state index is 0.0222. The Labute approximate surface area is 146 Å². The molecule has 0 bridgehead atoms. The van der Waals surface area contributed by atoms with Crippen LogP contribution in [0.1, 0.15) is 11.6 Å². The quantitative estimate of drug-likeness (QED) is 0.877. The number of urea groups is 1. The number of para-hydroxylation sites is 1. The van der Waals surface area contributed by atoms with Gasteiger partial charge in [-0.05, 0) is 29.8 Å². The first-order chi connectivity index (χ1) is 12.2. The second kappa shape index (κ2) is 8.60. The van der Waals surface area contributed by atoms with Crippen LogP contribution in [0.5, 0.6) is 0 Å². The third-order valence-electron chi connectivity index (χ3n) is 4.23. The van der Waals surface area contributed by atoms with Gasteiger partial charge in [-0.25, -0.2) is 9.18 Å². The first kappa shape index (κ1) is 17.4. The summed E-state index contributed by atoms with van der Waals surface area (Å²) in [6.45, 7) is 3.32. The predicted octanol–water partition coefficient (Wildman–Crippen LogP) is 3.02. The van der Waals surface area contributed by atoms with E-state index in [0.717, 1.165) is 24.3 Å². The Morgan fingerprint density at radius 2 is 1.76 bits per heavy atom. The van der Waals surface area contributed by atoms with Gasteiger partial charge in [0.2, 0.25) is 0 Å². The normalized spacial score (nSPS) is 16.2. The molecule has 1 aliphatic rings. The van der Waals surface area contributed by atoms with Gasteiger partial charge in [-0.1, -0.05) is 30.3 Å². The van der Waals surface area contributed by atoms with Crippen LogP contribution >= 0.6 is 0 Å². The van der Waals surface area contributed by atoms with Gasteiger partial charge in [-0.2, -0.15) is 0 Å². The van der Waals surface area contributed by atoms with E-state index < -0.39 is 0 Å². The van der Waals surface area contributed by atoms with E-state index in [1.54, 1.807) is 12.1 Å². The Morgan fingerprint density at radius 1 is 1.08 bits per heavy atom. The molecule has 0 aromatic heterocycles. The van der Waals surface area contributed by atoms with Gasteiger partial charge in [0.25, 0.3) is 0 Å². The van der Waals surface area contributed by atoms with Gasteiger partial charge in [0, 0.05) is 25.3 Å². The Hall–Kier alpha value is -2.44. The van der Waals surface area contributed by atoms with Gasteiger partial charge in [-0.3, -0.25) is 4.90 Å². The second-order valence-electron chi connectivity index (χ2n) is 5.92. The zero-order chi connectivity index (χ0) is 17.5. The van der Waals surface area contributed by atoms with Crippen LogP contribution in [0.25, 0.3) is 0 Å². The second-order valence-corrected chi connectivity index (χ2v) is 5.92. The summed E-state index contributed by atoms with van der Waals surface area (Å²) in [6, 6.07) is 15.5. The highest BCUT2D eigenvalue weighted by molar-refractivity contribution is 5.89. The standard InChI is InChI=1S/C19H22FN3O2/c20-16-8-6-15(7-9-16)18(23-10-12-25-13-11-23)14-21-19(24)22-17-4-2-1-3-5-17/h1-9,18H,10-14H2,(H2,21,22,24).